The molecule has 1 N–H and O–H groups in total. The molecule has 3 aromatic carbocycles. The molecule has 5 nitrogen and oxygen atoms in total. The van der Waals surface area contributed by atoms with Gasteiger partial charge in [0.15, 0.2) is 0 Å². The Bertz CT molecular complexity index is 1180. The predicted octanol–water partition coefficient (Wildman–Crippen LogP) is 4.13. The molecule has 4 rings (SSSR count). The zero-order valence-electron chi connectivity index (χ0n) is 17.0. The summed E-state index contributed by atoms with van der Waals surface area (Å²) in [5.74, 6) is -0.688. The van der Waals surface area contributed by atoms with Gasteiger partial charge in [0.1, 0.15) is 5.82 Å². The maximum atomic E-state index is 13.5. The van der Waals surface area contributed by atoms with Gasteiger partial charge in [0.05, 0.1) is 10.9 Å². The second kappa shape index (κ2) is 8.61. The first kappa shape index (κ1) is 21.2. The highest BCUT2D eigenvalue weighted by atomic mass is 32.2. The average molecular weight is 439 g/mol. The molecule has 1 aliphatic rings. The van der Waals surface area contributed by atoms with Crippen LogP contribution < -0.4 is 4.72 Å². The molecule has 31 heavy (non-hydrogen) atoms. The lowest BCUT2D eigenvalue weighted by Gasteiger charge is -2.29. The third kappa shape index (κ3) is 4.84. The third-order valence-corrected chi connectivity index (χ3v) is 6.82. The van der Waals surface area contributed by atoms with Gasteiger partial charge in [-0.1, -0.05) is 48.5 Å². The Hall–Kier alpha value is -3.03. The minimum atomic E-state index is -3.67. The van der Waals surface area contributed by atoms with Crippen LogP contribution in [0.4, 0.5) is 4.39 Å². The molecule has 7 heteroatoms. The Balaban J connectivity index is 1.67. The summed E-state index contributed by atoms with van der Waals surface area (Å²) < 4.78 is 41.2. The van der Waals surface area contributed by atoms with Gasteiger partial charge in [-0.3, -0.25) is 4.79 Å². The Morgan fingerprint density at radius 3 is 2.26 bits per heavy atom. The molecule has 0 radical (unpaired) electrons. The second-order valence-corrected chi connectivity index (χ2v) is 9.42. The first-order chi connectivity index (χ1) is 14.8. The van der Waals surface area contributed by atoms with E-state index in [0.29, 0.717) is 0 Å². The fourth-order valence-electron chi connectivity index (χ4n) is 3.53. The highest BCUT2D eigenvalue weighted by Gasteiger charge is 2.29. The van der Waals surface area contributed by atoms with Gasteiger partial charge < -0.3 is 4.90 Å². The summed E-state index contributed by atoms with van der Waals surface area (Å²) in [6.45, 7) is 0. The van der Waals surface area contributed by atoms with Gasteiger partial charge in [-0.15, -0.1) is 0 Å². The largest absolute Gasteiger partial charge is 0.331 e. The molecule has 1 fully saturated rings. The van der Waals surface area contributed by atoms with Gasteiger partial charge in [-0.05, 0) is 54.3 Å². The van der Waals surface area contributed by atoms with Crippen molar-refractivity contribution in [3.05, 3.63) is 101 Å². The van der Waals surface area contributed by atoms with Gasteiger partial charge in [-0.25, -0.2) is 17.5 Å². The maximum Gasteiger partial charge on any atom is 0.254 e. The summed E-state index contributed by atoms with van der Waals surface area (Å²) in [5, 5.41) is 0. The number of halogens is 1. The zero-order valence-corrected chi connectivity index (χ0v) is 17.8. The number of amides is 1. The van der Waals surface area contributed by atoms with Crippen LogP contribution in [0.15, 0.2) is 83.8 Å². The Labute approximate surface area is 181 Å². The van der Waals surface area contributed by atoms with E-state index in [-0.39, 0.29) is 28.2 Å². The molecular weight excluding hydrogens is 415 g/mol. The Morgan fingerprint density at radius 2 is 1.61 bits per heavy atom. The summed E-state index contributed by atoms with van der Waals surface area (Å²) >= 11 is 0. The molecule has 0 heterocycles. The van der Waals surface area contributed by atoms with Crippen LogP contribution in [0.3, 0.4) is 0 Å². The molecule has 1 aliphatic carbocycles. The molecule has 160 valence electrons. The van der Waals surface area contributed by atoms with Gasteiger partial charge in [0, 0.05) is 18.7 Å². The standard InChI is InChI=1S/C24H23FN2O3S/c1-27(23(17-6-3-2-4-7-17)18-10-12-20(25)13-11-18)24(28)19-8-5-9-22(16-19)31(29,30)26-21-14-15-21/h2-13,16,21,23,26H,14-15H2,1H3. The number of hydrogen-bond acceptors (Lipinski definition) is 3. The van der Waals surface area contributed by atoms with Gasteiger partial charge in [0.2, 0.25) is 10.0 Å². The van der Waals surface area contributed by atoms with E-state index < -0.39 is 16.1 Å². The quantitative estimate of drug-likeness (QED) is 0.603. The van der Waals surface area contributed by atoms with Crippen molar-refractivity contribution in [2.24, 2.45) is 0 Å². The van der Waals surface area contributed by atoms with Crippen molar-refractivity contribution >= 4 is 15.9 Å². The van der Waals surface area contributed by atoms with Crippen molar-refractivity contribution in [2.45, 2.75) is 29.8 Å². The molecule has 1 amide bonds. The highest BCUT2D eigenvalue weighted by Crippen LogP contribution is 2.29. The topological polar surface area (TPSA) is 66.5 Å². The van der Waals surface area contributed by atoms with Crippen LogP contribution in [0, 0.1) is 5.82 Å². The van der Waals surface area contributed by atoms with Gasteiger partial charge in [0.25, 0.3) is 5.91 Å². The Morgan fingerprint density at radius 1 is 0.968 bits per heavy atom. The summed E-state index contributed by atoms with van der Waals surface area (Å²) in [5.41, 5.74) is 1.89. The fourth-order valence-corrected chi connectivity index (χ4v) is 4.88. The van der Waals surface area contributed by atoms with Crippen molar-refractivity contribution < 1.29 is 17.6 Å². The summed E-state index contributed by atoms with van der Waals surface area (Å²) in [7, 11) is -2.01. The van der Waals surface area contributed by atoms with Gasteiger partial charge in [-0.2, -0.15) is 0 Å². The monoisotopic (exact) mass is 438 g/mol. The van der Waals surface area contributed by atoms with E-state index in [1.165, 1.54) is 24.3 Å². The average Bonchev–Trinajstić information content (AvgIpc) is 3.59. The molecule has 0 spiro atoms. The van der Waals surface area contributed by atoms with Crippen LogP contribution in [-0.2, 0) is 10.0 Å². The fraction of sp³-hybridized carbons (Fsp3) is 0.208. The van der Waals surface area contributed by atoms with Crippen LogP contribution >= 0.6 is 0 Å². The second-order valence-electron chi connectivity index (χ2n) is 7.70. The molecule has 0 bridgehead atoms. The lowest BCUT2D eigenvalue weighted by Crippen LogP contribution is -2.32. The summed E-state index contributed by atoms with van der Waals surface area (Å²) in [4.78, 5) is 15.0. The Kier molecular flexibility index (Phi) is 5.89. The number of carbonyl (C=O) groups excluding carboxylic acids is 1. The number of hydrogen-bond donors (Lipinski definition) is 1. The van der Waals surface area contributed by atoms with Crippen molar-refractivity contribution in [3.8, 4) is 0 Å². The molecule has 1 unspecified atom stereocenters. The van der Waals surface area contributed by atoms with E-state index in [1.54, 1.807) is 36.2 Å². The first-order valence-electron chi connectivity index (χ1n) is 10.0. The third-order valence-electron chi connectivity index (χ3n) is 5.30. The first-order valence-corrected chi connectivity index (χ1v) is 11.5. The number of rotatable bonds is 7. The zero-order chi connectivity index (χ0) is 22.0. The lowest BCUT2D eigenvalue weighted by atomic mass is 9.96. The smallest absolute Gasteiger partial charge is 0.254 e. The number of sulfonamides is 1. The van der Waals surface area contributed by atoms with Crippen LogP contribution in [-0.4, -0.2) is 32.3 Å². The number of nitrogens with zero attached hydrogens (tertiary/aromatic N) is 1. The van der Waals surface area contributed by atoms with Crippen molar-refractivity contribution in [3.63, 3.8) is 0 Å². The lowest BCUT2D eigenvalue weighted by molar-refractivity contribution is 0.0755. The van der Waals surface area contributed by atoms with Crippen LogP contribution in [0.1, 0.15) is 40.4 Å². The van der Waals surface area contributed by atoms with E-state index in [2.05, 4.69) is 4.72 Å². The molecule has 0 saturated heterocycles. The number of carbonyl (C=O) groups is 1. The molecule has 3 aromatic rings. The predicted molar refractivity (Wildman–Crippen MR) is 117 cm³/mol. The van der Waals surface area contributed by atoms with Crippen LogP contribution in [0.5, 0.6) is 0 Å². The van der Waals surface area contributed by atoms with E-state index in [9.17, 15) is 17.6 Å². The van der Waals surface area contributed by atoms with Crippen molar-refractivity contribution in [1.29, 1.82) is 0 Å². The van der Waals surface area contributed by atoms with Gasteiger partial charge >= 0.3 is 0 Å². The van der Waals surface area contributed by atoms with Crippen molar-refractivity contribution in [2.75, 3.05) is 7.05 Å². The van der Waals surface area contributed by atoms with E-state index >= 15 is 0 Å². The normalized spacial score (nSPS) is 14.8. The SMILES string of the molecule is CN(C(=O)c1cccc(S(=O)(=O)NC2CC2)c1)C(c1ccccc1)c1ccc(F)cc1. The number of nitrogens with one attached hydrogen (secondary N) is 1. The molecule has 1 saturated carbocycles. The molecular formula is C24H23FN2O3S. The molecule has 0 aliphatic heterocycles. The minimum absolute atomic E-state index is 0.0204. The van der Waals surface area contributed by atoms with Crippen molar-refractivity contribution in [1.82, 2.24) is 9.62 Å². The van der Waals surface area contributed by atoms with E-state index in [4.69, 9.17) is 0 Å². The van der Waals surface area contributed by atoms with Crippen LogP contribution in [0.2, 0.25) is 0 Å². The molecule has 1 atom stereocenters. The van der Waals surface area contributed by atoms with Crippen LogP contribution in [0.25, 0.3) is 0 Å². The maximum absolute atomic E-state index is 13.5. The summed E-state index contributed by atoms with van der Waals surface area (Å²) in [6.07, 6.45) is 1.66. The van der Waals surface area contributed by atoms with E-state index in [0.717, 1.165) is 24.0 Å². The van der Waals surface area contributed by atoms with E-state index in [1.807, 2.05) is 30.3 Å². The number of benzene rings is 3. The molecule has 0 aromatic heterocycles. The summed E-state index contributed by atoms with van der Waals surface area (Å²) in [6, 6.07) is 21.0. The minimum Gasteiger partial charge on any atom is -0.331 e. The highest BCUT2D eigenvalue weighted by molar-refractivity contribution is 7.89.